The summed E-state index contributed by atoms with van der Waals surface area (Å²) in [5.74, 6) is 0.143. The van der Waals surface area contributed by atoms with Gasteiger partial charge in [0.25, 0.3) is 0 Å². The summed E-state index contributed by atoms with van der Waals surface area (Å²) in [6, 6.07) is 5.67. The Morgan fingerprint density at radius 3 is 2.95 bits per heavy atom. The maximum Gasteiger partial charge on any atom is 0.227 e. The van der Waals surface area contributed by atoms with E-state index in [1.165, 1.54) is 0 Å². The van der Waals surface area contributed by atoms with Gasteiger partial charge in [0.15, 0.2) is 0 Å². The van der Waals surface area contributed by atoms with Crippen molar-refractivity contribution in [2.24, 2.45) is 0 Å². The van der Waals surface area contributed by atoms with Gasteiger partial charge in [-0.25, -0.2) is 0 Å². The van der Waals surface area contributed by atoms with Crippen LogP contribution in [-0.4, -0.2) is 42.1 Å². The minimum Gasteiger partial charge on any atom is -0.378 e. The highest BCUT2D eigenvalue weighted by atomic mass is 35.5. The number of aromatic amines is 1. The maximum absolute atomic E-state index is 12.2. The third-order valence-corrected chi connectivity index (χ3v) is 3.67. The van der Waals surface area contributed by atoms with Crippen molar-refractivity contribution in [1.29, 1.82) is 0 Å². The summed E-state index contributed by atoms with van der Waals surface area (Å²) in [6.07, 6.45) is 2.29. The zero-order valence-electron chi connectivity index (χ0n) is 10.5. The quantitative estimate of drug-likeness (QED) is 0.916. The summed E-state index contributed by atoms with van der Waals surface area (Å²) in [4.78, 5) is 17.2. The predicted molar refractivity (Wildman–Crippen MR) is 74.4 cm³/mol. The molecule has 4 nitrogen and oxygen atoms in total. The SMILES string of the molecule is O=C(Cc1c[nH]c2ccc(Cl)cc12)N1CCOCC1. The van der Waals surface area contributed by atoms with E-state index in [1.54, 1.807) is 0 Å². The van der Waals surface area contributed by atoms with E-state index in [1.807, 2.05) is 29.3 Å². The van der Waals surface area contributed by atoms with Crippen LogP contribution in [0.3, 0.4) is 0 Å². The molecule has 1 N–H and O–H groups in total. The first-order chi connectivity index (χ1) is 9.24. The van der Waals surface area contributed by atoms with E-state index in [0.29, 0.717) is 37.7 Å². The molecule has 0 spiro atoms. The lowest BCUT2D eigenvalue weighted by Crippen LogP contribution is -2.41. The number of fused-ring (bicyclic) bond motifs is 1. The fourth-order valence-electron chi connectivity index (χ4n) is 2.38. The normalized spacial score (nSPS) is 15.9. The highest BCUT2D eigenvalue weighted by Gasteiger charge is 2.18. The van der Waals surface area contributed by atoms with E-state index in [0.717, 1.165) is 16.5 Å². The lowest BCUT2D eigenvalue weighted by Gasteiger charge is -2.26. The molecule has 1 aliphatic heterocycles. The van der Waals surface area contributed by atoms with E-state index in [-0.39, 0.29) is 5.91 Å². The number of hydrogen-bond acceptors (Lipinski definition) is 2. The van der Waals surface area contributed by atoms with Crippen molar-refractivity contribution in [3.63, 3.8) is 0 Å². The molecule has 2 heterocycles. The number of nitrogens with zero attached hydrogens (tertiary/aromatic N) is 1. The summed E-state index contributed by atoms with van der Waals surface area (Å²) in [5.41, 5.74) is 2.00. The molecule has 1 aliphatic rings. The summed E-state index contributed by atoms with van der Waals surface area (Å²) < 4.78 is 5.25. The van der Waals surface area contributed by atoms with E-state index in [9.17, 15) is 4.79 Å². The molecule has 3 rings (SSSR count). The first kappa shape index (κ1) is 12.5. The Kier molecular flexibility index (Phi) is 3.44. The number of hydrogen-bond donors (Lipinski definition) is 1. The lowest BCUT2D eigenvalue weighted by molar-refractivity contribution is -0.134. The predicted octanol–water partition coefficient (Wildman–Crippen LogP) is 2.22. The molecule has 1 aromatic carbocycles. The summed E-state index contributed by atoms with van der Waals surface area (Å²) in [6.45, 7) is 2.63. The van der Waals surface area contributed by atoms with Crippen LogP contribution in [-0.2, 0) is 16.0 Å². The van der Waals surface area contributed by atoms with Gasteiger partial charge in [-0.05, 0) is 23.8 Å². The van der Waals surface area contributed by atoms with Crippen molar-refractivity contribution in [2.75, 3.05) is 26.3 Å². The first-order valence-corrected chi connectivity index (χ1v) is 6.73. The topological polar surface area (TPSA) is 45.3 Å². The zero-order valence-corrected chi connectivity index (χ0v) is 11.2. The summed E-state index contributed by atoms with van der Waals surface area (Å²) >= 11 is 6.01. The second-order valence-corrected chi connectivity index (χ2v) is 5.11. The Bertz CT molecular complexity index is 603. The molecule has 0 atom stereocenters. The average Bonchev–Trinajstić information content (AvgIpc) is 2.82. The summed E-state index contributed by atoms with van der Waals surface area (Å²) in [5, 5.41) is 1.71. The van der Waals surface area contributed by atoms with E-state index in [2.05, 4.69) is 4.98 Å². The second kappa shape index (κ2) is 5.23. The lowest BCUT2D eigenvalue weighted by atomic mass is 10.1. The Balaban J connectivity index is 1.80. The van der Waals surface area contributed by atoms with Crippen LogP contribution in [0.5, 0.6) is 0 Å². The Hall–Kier alpha value is -1.52. The smallest absolute Gasteiger partial charge is 0.227 e. The Morgan fingerprint density at radius 1 is 1.37 bits per heavy atom. The molecule has 1 aromatic heterocycles. The van der Waals surface area contributed by atoms with Crippen LogP contribution in [0.1, 0.15) is 5.56 Å². The van der Waals surface area contributed by atoms with Crippen LogP contribution in [0.2, 0.25) is 5.02 Å². The highest BCUT2D eigenvalue weighted by molar-refractivity contribution is 6.31. The second-order valence-electron chi connectivity index (χ2n) is 4.67. The standard InChI is InChI=1S/C14H15ClN2O2/c15-11-1-2-13-12(8-11)10(9-16-13)7-14(18)17-3-5-19-6-4-17/h1-2,8-9,16H,3-7H2. The largest absolute Gasteiger partial charge is 0.378 e. The van der Waals surface area contributed by atoms with E-state index >= 15 is 0 Å². The molecular formula is C14H15ClN2O2. The van der Waals surface area contributed by atoms with Crippen molar-refractivity contribution in [3.8, 4) is 0 Å². The molecule has 100 valence electrons. The van der Waals surface area contributed by atoms with Gasteiger partial charge in [0.1, 0.15) is 0 Å². The van der Waals surface area contributed by atoms with Crippen LogP contribution >= 0.6 is 11.6 Å². The van der Waals surface area contributed by atoms with Gasteiger partial charge < -0.3 is 14.6 Å². The number of carbonyl (C=O) groups is 1. The fourth-order valence-corrected chi connectivity index (χ4v) is 2.56. The molecular weight excluding hydrogens is 264 g/mol. The fraction of sp³-hybridized carbons (Fsp3) is 0.357. The number of carbonyl (C=O) groups excluding carboxylic acids is 1. The summed E-state index contributed by atoms with van der Waals surface area (Å²) in [7, 11) is 0. The van der Waals surface area contributed by atoms with Gasteiger partial charge in [0, 0.05) is 35.2 Å². The van der Waals surface area contributed by atoms with Gasteiger partial charge >= 0.3 is 0 Å². The molecule has 0 saturated carbocycles. The number of halogens is 1. The van der Waals surface area contributed by atoms with Crippen molar-refractivity contribution < 1.29 is 9.53 Å². The minimum absolute atomic E-state index is 0.143. The Morgan fingerprint density at radius 2 is 2.16 bits per heavy atom. The van der Waals surface area contributed by atoms with Gasteiger partial charge in [0.05, 0.1) is 19.6 Å². The van der Waals surface area contributed by atoms with Crippen molar-refractivity contribution in [3.05, 3.63) is 35.0 Å². The van der Waals surface area contributed by atoms with Crippen LogP contribution in [0, 0.1) is 0 Å². The number of aromatic nitrogens is 1. The van der Waals surface area contributed by atoms with Gasteiger partial charge in [-0.3, -0.25) is 4.79 Å². The molecule has 0 radical (unpaired) electrons. The minimum atomic E-state index is 0.143. The van der Waals surface area contributed by atoms with Crippen LogP contribution in [0.15, 0.2) is 24.4 Å². The monoisotopic (exact) mass is 278 g/mol. The molecule has 19 heavy (non-hydrogen) atoms. The van der Waals surface area contributed by atoms with Gasteiger partial charge in [-0.2, -0.15) is 0 Å². The van der Waals surface area contributed by atoms with Crippen LogP contribution in [0.25, 0.3) is 10.9 Å². The number of H-pyrrole nitrogens is 1. The molecule has 0 aliphatic carbocycles. The van der Waals surface area contributed by atoms with Crippen molar-refractivity contribution >= 4 is 28.4 Å². The van der Waals surface area contributed by atoms with E-state index < -0.39 is 0 Å². The molecule has 1 amide bonds. The number of morpholine rings is 1. The Labute approximate surface area is 116 Å². The van der Waals surface area contributed by atoms with Crippen molar-refractivity contribution in [1.82, 2.24) is 9.88 Å². The number of ether oxygens (including phenoxy) is 1. The molecule has 2 aromatic rings. The number of nitrogens with one attached hydrogen (secondary N) is 1. The van der Waals surface area contributed by atoms with Crippen LogP contribution < -0.4 is 0 Å². The maximum atomic E-state index is 12.2. The number of rotatable bonds is 2. The molecule has 1 saturated heterocycles. The molecule has 1 fully saturated rings. The van der Waals surface area contributed by atoms with Gasteiger partial charge in [-0.1, -0.05) is 11.6 Å². The van der Waals surface area contributed by atoms with Crippen molar-refractivity contribution in [2.45, 2.75) is 6.42 Å². The van der Waals surface area contributed by atoms with Gasteiger partial charge in [0.2, 0.25) is 5.91 Å². The van der Waals surface area contributed by atoms with Gasteiger partial charge in [-0.15, -0.1) is 0 Å². The number of benzene rings is 1. The molecule has 5 heteroatoms. The number of amides is 1. The highest BCUT2D eigenvalue weighted by Crippen LogP contribution is 2.23. The van der Waals surface area contributed by atoms with Crippen LogP contribution in [0.4, 0.5) is 0 Å². The molecule has 0 bridgehead atoms. The first-order valence-electron chi connectivity index (χ1n) is 6.35. The zero-order chi connectivity index (χ0) is 13.2. The third kappa shape index (κ3) is 2.60. The third-order valence-electron chi connectivity index (χ3n) is 3.43. The van der Waals surface area contributed by atoms with E-state index in [4.69, 9.17) is 16.3 Å². The molecule has 0 unspecified atom stereocenters. The average molecular weight is 279 g/mol.